The van der Waals surface area contributed by atoms with E-state index in [0.717, 1.165) is 24.6 Å². The van der Waals surface area contributed by atoms with E-state index in [4.69, 9.17) is 4.98 Å². The van der Waals surface area contributed by atoms with Crippen LogP contribution in [-0.2, 0) is 6.54 Å². The molecular formula is C17H31N3. The van der Waals surface area contributed by atoms with E-state index in [1.807, 2.05) is 0 Å². The summed E-state index contributed by atoms with van der Waals surface area (Å²) in [6.45, 7) is 17.2. The maximum Gasteiger partial charge on any atom is 0.126 e. The molecule has 0 aromatic carbocycles. The standard InChI is InChI=1S/C17H31N3/c1-12(2)10-18-16-9-14(11-19-17(5,6)7)8-15(20-16)13(3)4/h8-9,12-13,19H,10-11H2,1-7H3,(H,18,20). The van der Waals surface area contributed by atoms with Crippen LogP contribution in [0.2, 0.25) is 0 Å². The monoisotopic (exact) mass is 277 g/mol. The van der Waals surface area contributed by atoms with Gasteiger partial charge in [-0.05, 0) is 50.3 Å². The average Bonchev–Trinajstić information content (AvgIpc) is 2.33. The highest BCUT2D eigenvalue weighted by molar-refractivity contribution is 5.40. The van der Waals surface area contributed by atoms with Gasteiger partial charge in [0.15, 0.2) is 0 Å². The summed E-state index contributed by atoms with van der Waals surface area (Å²) in [5.41, 5.74) is 2.58. The van der Waals surface area contributed by atoms with Gasteiger partial charge in [0.25, 0.3) is 0 Å². The first-order valence-electron chi connectivity index (χ1n) is 7.67. The van der Waals surface area contributed by atoms with Gasteiger partial charge >= 0.3 is 0 Å². The second kappa shape index (κ2) is 7.07. The van der Waals surface area contributed by atoms with Crippen molar-refractivity contribution >= 4 is 5.82 Å². The molecule has 0 spiro atoms. The number of nitrogens with one attached hydrogen (secondary N) is 2. The lowest BCUT2D eigenvalue weighted by Crippen LogP contribution is -2.35. The minimum Gasteiger partial charge on any atom is -0.370 e. The van der Waals surface area contributed by atoms with Gasteiger partial charge in [-0.1, -0.05) is 27.7 Å². The van der Waals surface area contributed by atoms with Crippen LogP contribution < -0.4 is 10.6 Å². The van der Waals surface area contributed by atoms with Crippen LogP contribution in [0.3, 0.4) is 0 Å². The fraction of sp³-hybridized carbons (Fsp3) is 0.706. The number of aromatic nitrogens is 1. The molecule has 2 N–H and O–H groups in total. The van der Waals surface area contributed by atoms with Crippen LogP contribution in [0.5, 0.6) is 0 Å². The van der Waals surface area contributed by atoms with Crippen LogP contribution in [0.4, 0.5) is 5.82 Å². The Morgan fingerprint density at radius 1 is 1.10 bits per heavy atom. The van der Waals surface area contributed by atoms with E-state index in [1.165, 1.54) is 5.56 Å². The summed E-state index contributed by atoms with van der Waals surface area (Å²) >= 11 is 0. The minimum atomic E-state index is 0.132. The molecule has 1 aromatic rings. The first-order valence-corrected chi connectivity index (χ1v) is 7.67. The number of anilines is 1. The van der Waals surface area contributed by atoms with Crippen molar-refractivity contribution in [1.29, 1.82) is 0 Å². The molecule has 3 nitrogen and oxygen atoms in total. The van der Waals surface area contributed by atoms with E-state index < -0.39 is 0 Å². The molecular weight excluding hydrogens is 246 g/mol. The largest absolute Gasteiger partial charge is 0.370 e. The number of nitrogens with zero attached hydrogens (tertiary/aromatic N) is 1. The van der Waals surface area contributed by atoms with Gasteiger partial charge in [0, 0.05) is 24.3 Å². The molecule has 114 valence electrons. The van der Waals surface area contributed by atoms with Gasteiger partial charge in [-0.3, -0.25) is 0 Å². The first kappa shape index (κ1) is 17.0. The van der Waals surface area contributed by atoms with Crippen LogP contribution in [0.1, 0.15) is 65.6 Å². The molecule has 0 saturated heterocycles. The molecule has 0 aliphatic rings. The second-order valence-corrected chi connectivity index (χ2v) is 7.32. The lowest BCUT2D eigenvalue weighted by molar-refractivity contribution is 0.424. The summed E-state index contributed by atoms with van der Waals surface area (Å²) < 4.78 is 0. The van der Waals surface area contributed by atoms with E-state index in [0.29, 0.717) is 11.8 Å². The summed E-state index contributed by atoms with van der Waals surface area (Å²) in [5.74, 6) is 2.07. The molecule has 0 radical (unpaired) electrons. The summed E-state index contributed by atoms with van der Waals surface area (Å²) in [7, 11) is 0. The van der Waals surface area contributed by atoms with Crippen LogP contribution in [0.25, 0.3) is 0 Å². The Morgan fingerprint density at radius 3 is 2.25 bits per heavy atom. The molecule has 0 unspecified atom stereocenters. The quantitative estimate of drug-likeness (QED) is 0.819. The molecule has 1 heterocycles. The van der Waals surface area contributed by atoms with Crippen LogP contribution in [0.15, 0.2) is 12.1 Å². The average molecular weight is 277 g/mol. The van der Waals surface area contributed by atoms with Crippen molar-refractivity contribution in [2.24, 2.45) is 5.92 Å². The zero-order valence-electron chi connectivity index (χ0n) is 14.2. The third-order valence-electron chi connectivity index (χ3n) is 3.01. The Balaban J connectivity index is 2.87. The highest BCUT2D eigenvalue weighted by Crippen LogP contribution is 2.18. The fourth-order valence-corrected chi connectivity index (χ4v) is 1.78. The Hall–Kier alpha value is -1.09. The summed E-state index contributed by atoms with van der Waals surface area (Å²) in [5, 5.41) is 6.98. The van der Waals surface area contributed by atoms with Crippen LogP contribution in [0, 0.1) is 5.92 Å². The molecule has 1 aromatic heterocycles. The number of rotatable bonds is 6. The first-order chi connectivity index (χ1) is 9.17. The molecule has 0 saturated carbocycles. The van der Waals surface area contributed by atoms with Crippen molar-refractivity contribution < 1.29 is 0 Å². The Morgan fingerprint density at radius 2 is 1.75 bits per heavy atom. The number of hydrogen-bond acceptors (Lipinski definition) is 3. The molecule has 0 bridgehead atoms. The molecule has 0 fully saturated rings. The number of pyridine rings is 1. The zero-order chi connectivity index (χ0) is 15.3. The molecule has 3 heteroatoms. The molecule has 0 atom stereocenters. The summed E-state index contributed by atoms with van der Waals surface area (Å²) in [4.78, 5) is 4.71. The van der Waals surface area contributed by atoms with E-state index in [1.54, 1.807) is 0 Å². The number of hydrogen-bond donors (Lipinski definition) is 2. The summed E-state index contributed by atoms with van der Waals surface area (Å²) in [6.07, 6.45) is 0. The highest BCUT2D eigenvalue weighted by atomic mass is 15.0. The fourth-order valence-electron chi connectivity index (χ4n) is 1.78. The van der Waals surface area contributed by atoms with Crippen molar-refractivity contribution in [2.75, 3.05) is 11.9 Å². The topological polar surface area (TPSA) is 37.0 Å². The zero-order valence-corrected chi connectivity index (χ0v) is 14.2. The van der Waals surface area contributed by atoms with E-state index in [2.05, 4.69) is 71.2 Å². The van der Waals surface area contributed by atoms with E-state index in [9.17, 15) is 0 Å². The highest BCUT2D eigenvalue weighted by Gasteiger charge is 2.11. The van der Waals surface area contributed by atoms with Gasteiger partial charge in [0.05, 0.1) is 0 Å². The molecule has 0 aliphatic heterocycles. The van der Waals surface area contributed by atoms with E-state index in [-0.39, 0.29) is 5.54 Å². The lowest BCUT2D eigenvalue weighted by atomic mass is 10.1. The van der Waals surface area contributed by atoms with Crippen LogP contribution >= 0.6 is 0 Å². The Kier molecular flexibility index (Phi) is 6.00. The molecule has 1 rings (SSSR count). The maximum absolute atomic E-state index is 4.71. The van der Waals surface area contributed by atoms with Gasteiger partial charge in [-0.2, -0.15) is 0 Å². The lowest BCUT2D eigenvalue weighted by Gasteiger charge is -2.21. The van der Waals surface area contributed by atoms with Crippen molar-refractivity contribution in [3.8, 4) is 0 Å². The van der Waals surface area contributed by atoms with Crippen molar-refractivity contribution in [2.45, 2.75) is 66.5 Å². The Bertz CT molecular complexity index is 417. The van der Waals surface area contributed by atoms with Crippen molar-refractivity contribution in [3.63, 3.8) is 0 Å². The maximum atomic E-state index is 4.71. The normalized spacial score (nSPS) is 12.2. The van der Waals surface area contributed by atoms with Gasteiger partial charge in [-0.25, -0.2) is 4.98 Å². The van der Waals surface area contributed by atoms with Crippen molar-refractivity contribution in [3.05, 3.63) is 23.4 Å². The minimum absolute atomic E-state index is 0.132. The predicted molar refractivity (Wildman–Crippen MR) is 88.2 cm³/mol. The SMILES string of the molecule is CC(C)CNc1cc(CNC(C)(C)C)cc(C(C)C)n1. The van der Waals surface area contributed by atoms with Gasteiger partial charge in [0.2, 0.25) is 0 Å². The van der Waals surface area contributed by atoms with E-state index >= 15 is 0 Å². The molecule has 20 heavy (non-hydrogen) atoms. The van der Waals surface area contributed by atoms with Gasteiger partial charge < -0.3 is 10.6 Å². The van der Waals surface area contributed by atoms with Crippen molar-refractivity contribution in [1.82, 2.24) is 10.3 Å². The molecule has 0 aliphatic carbocycles. The molecule has 0 amide bonds. The third kappa shape index (κ3) is 6.38. The summed E-state index contributed by atoms with van der Waals surface area (Å²) in [6, 6.07) is 4.37. The Labute approximate surface area is 124 Å². The van der Waals surface area contributed by atoms with Gasteiger partial charge in [-0.15, -0.1) is 0 Å². The third-order valence-corrected chi connectivity index (χ3v) is 3.01. The second-order valence-electron chi connectivity index (χ2n) is 7.32. The smallest absolute Gasteiger partial charge is 0.126 e. The van der Waals surface area contributed by atoms with Crippen LogP contribution in [-0.4, -0.2) is 17.1 Å². The van der Waals surface area contributed by atoms with Gasteiger partial charge in [0.1, 0.15) is 5.82 Å². The predicted octanol–water partition coefficient (Wildman–Crippen LogP) is 4.16.